The van der Waals surface area contributed by atoms with Crippen molar-refractivity contribution < 1.29 is 22.6 Å². The maximum Gasteiger partial charge on any atom is 0.257 e. The van der Waals surface area contributed by atoms with Gasteiger partial charge in [0.2, 0.25) is 0 Å². The van der Waals surface area contributed by atoms with Crippen molar-refractivity contribution in [3.63, 3.8) is 0 Å². The Hall–Kier alpha value is -1.00. The summed E-state index contributed by atoms with van der Waals surface area (Å²) < 4.78 is 39.8. The first kappa shape index (κ1) is 18.1. The standard InChI is InChI=1S/C12H23N3O5S/c1-3-11-14-12(21(13,16)17)10-15(11)4-5-19-8-9-20-7-6-18-2/h10H,3-9H2,1-2H3,(H2,13,16,17). The van der Waals surface area contributed by atoms with Gasteiger partial charge in [-0.3, -0.25) is 0 Å². The molecule has 0 fully saturated rings. The fraction of sp³-hybridized carbons (Fsp3) is 0.750. The van der Waals surface area contributed by atoms with Gasteiger partial charge in [-0.25, -0.2) is 18.5 Å². The van der Waals surface area contributed by atoms with Crippen LogP contribution < -0.4 is 5.14 Å². The molecule has 0 aliphatic carbocycles. The monoisotopic (exact) mass is 321 g/mol. The number of ether oxygens (including phenoxy) is 3. The zero-order valence-electron chi connectivity index (χ0n) is 12.4. The van der Waals surface area contributed by atoms with Gasteiger partial charge in [0.1, 0.15) is 5.82 Å². The Morgan fingerprint density at radius 3 is 2.38 bits per heavy atom. The third-order valence-electron chi connectivity index (χ3n) is 2.73. The largest absolute Gasteiger partial charge is 0.382 e. The second kappa shape index (κ2) is 9.11. The van der Waals surface area contributed by atoms with Gasteiger partial charge in [-0.15, -0.1) is 0 Å². The second-order valence-corrected chi connectivity index (χ2v) is 5.81. The first-order valence-corrected chi connectivity index (χ1v) is 8.27. The van der Waals surface area contributed by atoms with E-state index in [4.69, 9.17) is 19.3 Å². The first-order valence-electron chi connectivity index (χ1n) is 6.72. The van der Waals surface area contributed by atoms with Crippen LogP contribution in [0.1, 0.15) is 12.7 Å². The van der Waals surface area contributed by atoms with Gasteiger partial charge in [0.05, 0.1) is 33.0 Å². The van der Waals surface area contributed by atoms with E-state index in [1.54, 1.807) is 11.7 Å². The summed E-state index contributed by atoms with van der Waals surface area (Å²) in [5, 5.41) is 4.96. The lowest BCUT2D eigenvalue weighted by molar-refractivity contribution is 0.0229. The molecule has 0 unspecified atom stereocenters. The van der Waals surface area contributed by atoms with Gasteiger partial charge in [-0.2, -0.15) is 0 Å². The number of nitrogens with two attached hydrogens (primary N) is 1. The Morgan fingerprint density at radius 1 is 1.19 bits per heavy atom. The lowest BCUT2D eigenvalue weighted by Gasteiger charge is -2.07. The predicted octanol–water partition coefficient (Wildman–Crippen LogP) is -0.227. The van der Waals surface area contributed by atoms with Gasteiger partial charge in [-0.05, 0) is 0 Å². The van der Waals surface area contributed by atoms with E-state index in [1.807, 2.05) is 6.92 Å². The summed E-state index contributed by atoms with van der Waals surface area (Å²) in [4.78, 5) is 4.00. The Bertz CT molecular complexity index is 515. The molecule has 8 nitrogen and oxygen atoms in total. The second-order valence-electron chi connectivity index (χ2n) is 4.30. The van der Waals surface area contributed by atoms with Gasteiger partial charge < -0.3 is 18.8 Å². The molecule has 0 aliphatic heterocycles. The van der Waals surface area contributed by atoms with Crippen LogP contribution in [-0.2, 0) is 37.2 Å². The molecule has 21 heavy (non-hydrogen) atoms. The Morgan fingerprint density at radius 2 is 1.81 bits per heavy atom. The van der Waals surface area contributed by atoms with Crippen molar-refractivity contribution in [2.75, 3.05) is 40.1 Å². The molecule has 0 bridgehead atoms. The van der Waals surface area contributed by atoms with Crippen LogP contribution in [0, 0.1) is 0 Å². The fourth-order valence-corrected chi connectivity index (χ4v) is 2.17. The molecule has 0 aliphatic rings. The molecule has 2 N–H and O–H groups in total. The highest BCUT2D eigenvalue weighted by atomic mass is 32.2. The van der Waals surface area contributed by atoms with E-state index in [9.17, 15) is 8.42 Å². The number of aromatic nitrogens is 2. The maximum absolute atomic E-state index is 11.3. The van der Waals surface area contributed by atoms with E-state index in [2.05, 4.69) is 4.98 Å². The highest BCUT2D eigenvalue weighted by Crippen LogP contribution is 2.08. The Labute approximate surface area is 125 Å². The SMILES string of the molecule is CCc1nc(S(N)(=O)=O)cn1CCOCCOCCOC. The summed E-state index contributed by atoms with van der Waals surface area (Å²) in [5.74, 6) is 0.666. The van der Waals surface area contributed by atoms with E-state index in [0.717, 1.165) is 0 Å². The van der Waals surface area contributed by atoms with Crippen LogP contribution >= 0.6 is 0 Å². The molecule has 0 aromatic carbocycles. The summed E-state index contributed by atoms with van der Waals surface area (Å²) in [6.45, 7) is 4.93. The van der Waals surface area contributed by atoms with Crippen LogP contribution in [0.5, 0.6) is 0 Å². The van der Waals surface area contributed by atoms with Crippen molar-refractivity contribution in [3.8, 4) is 0 Å². The van der Waals surface area contributed by atoms with Gasteiger partial charge >= 0.3 is 0 Å². The van der Waals surface area contributed by atoms with E-state index in [1.165, 1.54) is 6.20 Å². The van der Waals surface area contributed by atoms with Crippen molar-refractivity contribution in [2.24, 2.45) is 5.14 Å². The molecule has 1 aromatic rings. The lowest BCUT2D eigenvalue weighted by Crippen LogP contribution is -2.13. The number of primary sulfonamides is 1. The number of hydrogen-bond donors (Lipinski definition) is 1. The highest BCUT2D eigenvalue weighted by molar-refractivity contribution is 7.89. The van der Waals surface area contributed by atoms with Crippen molar-refractivity contribution in [1.29, 1.82) is 0 Å². The molecule has 122 valence electrons. The first-order chi connectivity index (χ1) is 9.99. The number of hydrogen-bond acceptors (Lipinski definition) is 6. The number of nitrogens with zero attached hydrogens (tertiary/aromatic N) is 2. The predicted molar refractivity (Wildman–Crippen MR) is 76.5 cm³/mol. The minimum Gasteiger partial charge on any atom is -0.382 e. The average Bonchev–Trinajstić information content (AvgIpc) is 2.85. The highest BCUT2D eigenvalue weighted by Gasteiger charge is 2.15. The van der Waals surface area contributed by atoms with Gasteiger partial charge in [0.25, 0.3) is 10.0 Å². The number of sulfonamides is 1. The summed E-state index contributed by atoms with van der Waals surface area (Å²) in [6, 6.07) is 0. The molecule has 1 heterocycles. The topological polar surface area (TPSA) is 106 Å². The zero-order valence-corrected chi connectivity index (χ0v) is 13.3. The average molecular weight is 321 g/mol. The third kappa shape index (κ3) is 6.53. The van der Waals surface area contributed by atoms with E-state index >= 15 is 0 Å². The van der Waals surface area contributed by atoms with Crippen LogP contribution in [-0.4, -0.2) is 58.1 Å². The minimum absolute atomic E-state index is 0.109. The Balaban J connectivity index is 2.33. The molecular formula is C12H23N3O5S. The molecule has 0 saturated carbocycles. The Kier molecular flexibility index (Phi) is 7.83. The minimum atomic E-state index is -3.77. The van der Waals surface area contributed by atoms with Crippen molar-refractivity contribution in [2.45, 2.75) is 24.9 Å². The van der Waals surface area contributed by atoms with Crippen LogP contribution in [0.3, 0.4) is 0 Å². The third-order valence-corrected chi connectivity index (χ3v) is 3.50. The van der Waals surface area contributed by atoms with E-state index in [-0.39, 0.29) is 5.03 Å². The quantitative estimate of drug-likeness (QED) is 0.565. The molecule has 0 atom stereocenters. The molecule has 1 rings (SSSR count). The van der Waals surface area contributed by atoms with Gasteiger partial charge in [0, 0.05) is 26.3 Å². The molecule has 1 aromatic heterocycles. The summed E-state index contributed by atoms with van der Waals surface area (Å²) in [5.41, 5.74) is 0. The van der Waals surface area contributed by atoms with Crippen LogP contribution in [0.2, 0.25) is 0 Å². The smallest absolute Gasteiger partial charge is 0.257 e. The summed E-state index contributed by atoms with van der Waals surface area (Å²) >= 11 is 0. The lowest BCUT2D eigenvalue weighted by atomic mass is 10.4. The molecule has 9 heteroatoms. The summed E-state index contributed by atoms with van der Waals surface area (Å²) in [6.07, 6.45) is 2.06. The molecule has 0 amide bonds. The van der Waals surface area contributed by atoms with Crippen molar-refractivity contribution >= 4 is 10.0 Å². The van der Waals surface area contributed by atoms with E-state index in [0.29, 0.717) is 51.8 Å². The number of aryl methyl sites for hydroxylation is 1. The number of imidazole rings is 1. The van der Waals surface area contributed by atoms with Crippen molar-refractivity contribution in [1.82, 2.24) is 9.55 Å². The molecular weight excluding hydrogens is 298 g/mol. The number of rotatable bonds is 11. The van der Waals surface area contributed by atoms with E-state index < -0.39 is 10.0 Å². The molecule has 0 saturated heterocycles. The van der Waals surface area contributed by atoms with Crippen LogP contribution in [0.15, 0.2) is 11.2 Å². The maximum atomic E-state index is 11.3. The normalized spacial score (nSPS) is 12.0. The van der Waals surface area contributed by atoms with Gasteiger partial charge in [-0.1, -0.05) is 6.92 Å². The summed E-state index contributed by atoms with van der Waals surface area (Å²) in [7, 11) is -2.15. The molecule has 0 radical (unpaired) electrons. The fourth-order valence-electron chi connectivity index (χ4n) is 1.67. The van der Waals surface area contributed by atoms with Crippen LogP contribution in [0.4, 0.5) is 0 Å². The van der Waals surface area contributed by atoms with Crippen LogP contribution in [0.25, 0.3) is 0 Å². The molecule has 0 spiro atoms. The van der Waals surface area contributed by atoms with Gasteiger partial charge in [0.15, 0.2) is 5.03 Å². The zero-order chi connectivity index (χ0) is 15.7. The number of methoxy groups -OCH3 is 1. The van der Waals surface area contributed by atoms with Crippen molar-refractivity contribution in [3.05, 3.63) is 12.0 Å².